The second-order valence-electron chi connectivity index (χ2n) is 9.84. The predicted molar refractivity (Wildman–Crippen MR) is 174 cm³/mol. The van der Waals surface area contributed by atoms with Gasteiger partial charge in [-0.1, -0.05) is 79.4 Å². The molecule has 4 aromatic carbocycles. The summed E-state index contributed by atoms with van der Waals surface area (Å²) >= 11 is 3.57. The van der Waals surface area contributed by atoms with Gasteiger partial charge in [0.25, 0.3) is 5.91 Å². The van der Waals surface area contributed by atoms with Crippen LogP contribution < -0.4 is 15.4 Å². The number of carbonyl (C=O) groups excluding carboxylic acids is 1. The SMILES string of the molecule is C=Cc1ccccc1-c1cc(NCc2ccc(CNC(=O)c3ccc(Oc4ccccc4)cc3)cc2)n2ncc(Br)c2n1. The molecule has 0 bridgehead atoms. The number of nitrogens with zero attached hydrogens (tertiary/aromatic N) is 3. The molecule has 2 heterocycles. The summed E-state index contributed by atoms with van der Waals surface area (Å²) in [5.74, 6) is 2.11. The lowest BCUT2D eigenvalue weighted by Gasteiger charge is -2.13. The molecule has 0 aliphatic heterocycles. The maximum Gasteiger partial charge on any atom is 0.251 e. The van der Waals surface area contributed by atoms with Crippen molar-refractivity contribution in [1.29, 1.82) is 0 Å². The average molecular weight is 631 g/mol. The first-order chi connectivity index (χ1) is 21.1. The topological polar surface area (TPSA) is 80.5 Å². The number of amides is 1. The van der Waals surface area contributed by atoms with Crippen LogP contribution in [0.1, 0.15) is 27.0 Å². The van der Waals surface area contributed by atoms with E-state index >= 15 is 0 Å². The van der Waals surface area contributed by atoms with Gasteiger partial charge in [0.05, 0.1) is 16.4 Å². The fraction of sp³-hybridized carbons (Fsp3) is 0.0571. The van der Waals surface area contributed by atoms with E-state index in [2.05, 4.69) is 50.4 Å². The van der Waals surface area contributed by atoms with Crippen molar-refractivity contribution in [2.45, 2.75) is 13.1 Å². The fourth-order valence-electron chi connectivity index (χ4n) is 4.66. The maximum absolute atomic E-state index is 12.7. The van der Waals surface area contributed by atoms with Gasteiger partial charge in [-0.25, -0.2) is 4.98 Å². The van der Waals surface area contributed by atoms with Gasteiger partial charge in [0.2, 0.25) is 0 Å². The van der Waals surface area contributed by atoms with E-state index in [-0.39, 0.29) is 5.91 Å². The number of benzene rings is 4. The minimum Gasteiger partial charge on any atom is -0.457 e. The molecule has 0 aliphatic carbocycles. The minimum atomic E-state index is -0.141. The van der Waals surface area contributed by atoms with Gasteiger partial charge in [-0.3, -0.25) is 4.79 Å². The van der Waals surface area contributed by atoms with Crippen molar-refractivity contribution in [3.8, 4) is 22.8 Å². The van der Waals surface area contributed by atoms with Crippen LogP contribution in [0, 0.1) is 0 Å². The van der Waals surface area contributed by atoms with Crippen LogP contribution in [0.15, 0.2) is 126 Å². The summed E-state index contributed by atoms with van der Waals surface area (Å²) in [6.45, 7) is 4.96. The molecule has 1 amide bonds. The maximum atomic E-state index is 12.7. The molecule has 0 unspecified atom stereocenters. The Bertz CT molecular complexity index is 1880. The van der Waals surface area contributed by atoms with E-state index in [9.17, 15) is 4.79 Å². The van der Waals surface area contributed by atoms with Crippen LogP contribution in [0.3, 0.4) is 0 Å². The summed E-state index contributed by atoms with van der Waals surface area (Å²) in [7, 11) is 0. The summed E-state index contributed by atoms with van der Waals surface area (Å²) in [5, 5.41) is 11.0. The van der Waals surface area contributed by atoms with Crippen LogP contribution in [-0.2, 0) is 13.1 Å². The zero-order valence-corrected chi connectivity index (χ0v) is 24.8. The smallest absolute Gasteiger partial charge is 0.251 e. The number of hydrogen-bond acceptors (Lipinski definition) is 5. The molecule has 7 nitrogen and oxygen atoms in total. The molecule has 0 saturated carbocycles. The molecule has 0 aliphatic rings. The Morgan fingerprint density at radius 2 is 1.53 bits per heavy atom. The van der Waals surface area contributed by atoms with Crippen molar-refractivity contribution in [1.82, 2.24) is 19.9 Å². The molecule has 0 spiro atoms. The minimum absolute atomic E-state index is 0.141. The van der Waals surface area contributed by atoms with E-state index in [4.69, 9.17) is 9.72 Å². The standard InChI is InChI=1S/C35H28BrN5O2/c1-2-26-8-6-7-11-30(26)32-20-33(41-34(40-32)31(36)23-39-41)37-21-24-12-14-25(15-13-24)22-38-35(42)27-16-18-29(19-17-27)43-28-9-4-3-5-10-28/h2-20,23,37H,1,21-22H2,(H,38,42). The van der Waals surface area contributed by atoms with Crippen molar-refractivity contribution in [3.05, 3.63) is 149 Å². The number of nitrogens with one attached hydrogen (secondary N) is 2. The van der Waals surface area contributed by atoms with Gasteiger partial charge in [0.1, 0.15) is 17.3 Å². The number of anilines is 1. The first-order valence-corrected chi connectivity index (χ1v) is 14.6. The highest BCUT2D eigenvalue weighted by Crippen LogP contribution is 2.29. The van der Waals surface area contributed by atoms with Crippen molar-refractivity contribution in [2.75, 3.05) is 5.32 Å². The quantitative estimate of drug-likeness (QED) is 0.160. The molecule has 212 valence electrons. The predicted octanol–water partition coefficient (Wildman–Crippen LogP) is 8.14. The van der Waals surface area contributed by atoms with Gasteiger partial charge in [0.15, 0.2) is 5.65 Å². The number of carbonyl (C=O) groups is 1. The Kier molecular flexibility index (Phi) is 8.28. The van der Waals surface area contributed by atoms with Crippen LogP contribution in [0.25, 0.3) is 23.0 Å². The number of halogens is 1. The van der Waals surface area contributed by atoms with Crippen LogP contribution >= 0.6 is 15.9 Å². The summed E-state index contributed by atoms with van der Waals surface area (Å²) in [6, 6.07) is 34.8. The largest absolute Gasteiger partial charge is 0.457 e. The van der Waals surface area contributed by atoms with Crippen LogP contribution in [0.4, 0.5) is 5.82 Å². The van der Waals surface area contributed by atoms with Crippen LogP contribution in [-0.4, -0.2) is 20.5 Å². The van der Waals surface area contributed by atoms with E-state index in [0.29, 0.717) is 24.4 Å². The van der Waals surface area contributed by atoms with Crippen molar-refractivity contribution in [2.24, 2.45) is 0 Å². The highest BCUT2D eigenvalue weighted by Gasteiger charge is 2.13. The van der Waals surface area contributed by atoms with Gasteiger partial charge >= 0.3 is 0 Å². The number of para-hydroxylation sites is 1. The van der Waals surface area contributed by atoms with E-state index in [0.717, 1.165) is 49.6 Å². The lowest BCUT2D eigenvalue weighted by atomic mass is 10.0. The Balaban J connectivity index is 1.08. The number of aromatic nitrogens is 3. The third-order valence-corrected chi connectivity index (χ3v) is 7.49. The van der Waals surface area contributed by atoms with Gasteiger partial charge in [-0.05, 0) is 69.0 Å². The third-order valence-electron chi connectivity index (χ3n) is 6.93. The Hall–Kier alpha value is -5.21. The molecule has 2 aromatic heterocycles. The molecule has 2 N–H and O–H groups in total. The number of rotatable bonds is 10. The average Bonchev–Trinajstić information content (AvgIpc) is 3.44. The van der Waals surface area contributed by atoms with E-state index in [1.165, 1.54) is 0 Å². The van der Waals surface area contributed by atoms with Gasteiger partial charge < -0.3 is 15.4 Å². The van der Waals surface area contributed by atoms with Crippen LogP contribution in [0.2, 0.25) is 0 Å². The molecule has 43 heavy (non-hydrogen) atoms. The van der Waals surface area contributed by atoms with E-state index in [1.807, 2.05) is 78.9 Å². The van der Waals surface area contributed by atoms with Gasteiger partial charge in [0, 0.05) is 30.3 Å². The number of ether oxygens (including phenoxy) is 1. The number of hydrogen-bond donors (Lipinski definition) is 2. The Morgan fingerprint density at radius 3 is 2.28 bits per heavy atom. The molecule has 0 radical (unpaired) electrons. The zero-order valence-electron chi connectivity index (χ0n) is 23.2. The second-order valence-corrected chi connectivity index (χ2v) is 10.7. The van der Waals surface area contributed by atoms with Gasteiger partial charge in [-0.15, -0.1) is 0 Å². The van der Waals surface area contributed by atoms with Gasteiger partial charge in [-0.2, -0.15) is 9.61 Å². The Morgan fingerprint density at radius 1 is 0.860 bits per heavy atom. The molecular formula is C35H28BrN5O2. The lowest BCUT2D eigenvalue weighted by Crippen LogP contribution is -2.22. The summed E-state index contributed by atoms with van der Waals surface area (Å²) in [4.78, 5) is 17.6. The Labute approximate surface area is 258 Å². The van der Waals surface area contributed by atoms with Crippen molar-refractivity contribution in [3.63, 3.8) is 0 Å². The molecular weight excluding hydrogens is 602 g/mol. The highest BCUT2D eigenvalue weighted by molar-refractivity contribution is 9.10. The van der Waals surface area contributed by atoms with Crippen molar-refractivity contribution >= 4 is 39.4 Å². The monoisotopic (exact) mass is 629 g/mol. The van der Waals surface area contributed by atoms with E-state index in [1.54, 1.807) is 35.0 Å². The molecule has 6 aromatic rings. The van der Waals surface area contributed by atoms with Crippen LogP contribution in [0.5, 0.6) is 11.5 Å². The summed E-state index contributed by atoms with van der Waals surface area (Å²) < 4.78 is 8.41. The molecule has 0 atom stereocenters. The first kappa shape index (κ1) is 27.9. The first-order valence-electron chi connectivity index (χ1n) is 13.8. The molecule has 0 saturated heterocycles. The number of fused-ring (bicyclic) bond motifs is 1. The molecule has 6 rings (SSSR count). The fourth-order valence-corrected chi connectivity index (χ4v) is 5.01. The highest BCUT2D eigenvalue weighted by atomic mass is 79.9. The zero-order chi connectivity index (χ0) is 29.6. The second kappa shape index (κ2) is 12.8. The summed E-state index contributed by atoms with van der Waals surface area (Å²) in [5.41, 5.74) is 6.24. The normalized spacial score (nSPS) is 10.8. The summed E-state index contributed by atoms with van der Waals surface area (Å²) in [6.07, 6.45) is 3.58. The molecule has 8 heteroatoms. The third kappa shape index (κ3) is 6.50. The lowest BCUT2D eigenvalue weighted by molar-refractivity contribution is 0.0951. The molecule has 0 fully saturated rings. The van der Waals surface area contributed by atoms with Crippen molar-refractivity contribution < 1.29 is 9.53 Å². The van der Waals surface area contributed by atoms with E-state index < -0.39 is 0 Å².